The molecule has 0 saturated heterocycles. The van der Waals surface area contributed by atoms with Crippen LogP contribution in [0.5, 0.6) is 0 Å². The van der Waals surface area contributed by atoms with Crippen LogP contribution in [0, 0.1) is 0 Å². The van der Waals surface area contributed by atoms with E-state index in [1.54, 1.807) is 6.21 Å². The van der Waals surface area contributed by atoms with Gasteiger partial charge in [-0.2, -0.15) is 5.10 Å². The second-order valence-corrected chi connectivity index (χ2v) is 4.50. The van der Waals surface area contributed by atoms with Crippen LogP contribution in [0.4, 0.5) is 0 Å². The van der Waals surface area contributed by atoms with Gasteiger partial charge in [-0.1, -0.05) is 30.2 Å². The quantitative estimate of drug-likeness (QED) is 0.634. The molecule has 2 rings (SSSR count). The Morgan fingerprint density at radius 2 is 2.00 bits per heavy atom. The molecule has 0 radical (unpaired) electrons. The summed E-state index contributed by atoms with van der Waals surface area (Å²) in [6.45, 7) is 0.915. The minimum atomic E-state index is 0.739. The predicted octanol–water partition coefficient (Wildman–Crippen LogP) is 3.24. The zero-order valence-electron chi connectivity index (χ0n) is 9.69. The molecular weight excluding hydrogens is 234 g/mol. The van der Waals surface area contributed by atoms with Crippen molar-refractivity contribution in [1.82, 2.24) is 5.43 Å². The molecule has 4 heteroatoms. The van der Waals surface area contributed by atoms with E-state index in [1.807, 2.05) is 24.3 Å². The van der Waals surface area contributed by atoms with Gasteiger partial charge in [0.15, 0.2) is 0 Å². The summed E-state index contributed by atoms with van der Waals surface area (Å²) in [6, 6.07) is 7.57. The molecule has 0 atom stereocenters. The highest BCUT2D eigenvalue weighted by Gasteiger charge is 2.01. The molecular formula is C13H16ClN3. The van der Waals surface area contributed by atoms with Gasteiger partial charge in [-0.3, -0.25) is 10.4 Å². The van der Waals surface area contributed by atoms with Crippen LogP contribution in [0.2, 0.25) is 5.02 Å². The summed E-state index contributed by atoms with van der Waals surface area (Å²) in [6.07, 6.45) is 6.42. The van der Waals surface area contributed by atoms with Gasteiger partial charge in [-0.15, -0.1) is 0 Å². The Kier molecular flexibility index (Phi) is 4.56. The second-order valence-electron chi connectivity index (χ2n) is 4.06. The molecule has 0 aromatic heterocycles. The summed E-state index contributed by atoms with van der Waals surface area (Å²) in [5.41, 5.74) is 4.04. The van der Waals surface area contributed by atoms with E-state index in [-0.39, 0.29) is 0 Å². The van der Waals surface area contributed by atoms with Crippen LogP contribution in [0.1, 0.15) is 31.2 Å². The zero-order chi connectivity index (χ0) is 11.9. The second kappa shape index (κ2) is 6.40. The van der Waals surface area contributed by atoms with E-state index in [0.717, 1.165) is 29.4 Å². The van der Waals surface area contributed by atoms with E-state index in [2.05, 4.69) is 15.5 Å². The number of hydrazone groups is 1. The van der Waals surface area contributed by atoms with Gasteiger partial charge in [-0.25, -0.2) is 0 Å². The Hall–Kier alpha value is -1.35. The lowest BCUT2D eigenvalue weighted by Crippen LogP contribution is -2.17. The molecule has 1 N–H and O–H groups in total. The first-order chi connectivity index (χ1) is 8.34. The van der Waals surface area contributed by atoms with Gasteiger partial charge in [0.1, 0.15) is 5.84 Å². The van der Waals surface area contributed by atoms with Crippen LogP contribution < -0.4 is 5.43 Å². The first-order valence-corrected chi connectivity index (χ1v) is 6.30. The number of benzene rings is 1. The topological polar surface area (TPSA) is 36.8 Å². The lowest BCUT2D eigenvalue weighted by molar-refractivity contribution is 0.729. The van der Waals surface area contributed by atoms with Crippen molar-refractivity contribution in [3.8, 4) is 0 Å². The van der Waals surface area contributed by atoms with Gasteiger partial charge in [0.2, 0.25) is 0 Å². The van der Waals surface area contributed by atoms with Crippen molar-refractivity contribution in [3.63, 3.8) is 0 Å². The van der Waals surface area contributed by atoms with Crippen molar-refractivity contribution >= 4 is 23.7 Å². The average molecular weight is 250 g/mol. The van der Waals surface area contributed by atoms with E-state index in [9.17, 15) is 0 Å². The molecule has 3 nitrogen and oxygen atoms in total. The number of nitrogens with zero attached hydrogens (tertiary/aromatic N) is 2. The van der Waals surface area contributed by atoms with Crippen LogP contribution in [0.25, 0.3) is 0 Å². The van der Waals surface area contributed by atoms with Gasteiger partial charge in [0.05, 0.1) is 6.21 Å². The van der Waals surface area contributed by atoms with Crippen LogP contribution in [-0.4, -0.2) is 18.6 Å². The summed E-state index contributed by atoms with van der Waals surface area (Å²) >= 11 is 5.81. The summed E-state index contributed by atoms with van der Waals surface area (Å²) < 4.78 is 0. The number of aliphatic imine (C=N–C) groups is 1. The number of halogens is 1. The van der Waals surface area contributed by atoms with E-state index in [4.69, 9.17) is 11.6 Å². The summed E-state index contributed by atoms with van der Waals surface area (Å²) in [7, 11) is 0. The Balaban J connectivity index is 1.88. The standard InChI is InChI=1S/C13H16ClN3/c14-12-7-5-11(6-8-12)10-16-17-13-4-2-1-3-9-15-13/h5-8,10H,1-4,9H2,(H,15,17)/b16-10+. The van der Waals surface area contributed by atoms with Crippen molar-refractivity contribution in [3.05, 3.63) is 34.9 Å². The van der Waals surface area contributed by atoms with E-state index in [0.29, 0.717) is 0 Å². The third kappa shape index (κ3) is 4.19. The maximum Gasteiger partial charge on any atom is 0.117 e. The molecule has 0 saturated carbocycles. The average Bonchev–Trinajstić information content (AvgIpc) is 2.60. The summed E-state index contributed by atoms with van der Waals surface area (Å²) in [5.74, 6) is 0.993. The molecule has 1 aromatic rings. The van der Waals surface area contributed by atoms with E-state index in [1.165, 1.54) is 19.3 Å². The minimum absolute atomic E-state index is 0.739. The molecule has 1 aliphatic rings. The molecule has 0 aliphatic carbocycles. The molecule has 0 bridgehead atoms. The van der Waals surface area contributed by atoms with Gasteiger partial charge in [0.25, 0.3) is 0 Å². The molecule has 90 valence electrons. The number of rotatable bonds is 2. The molecule has 0 fully saturated rings. The minimum Gasteiger partial charge on any atom is -0.271 e. The fourth-order valence-electron chi connectivity index (χ4n) is 1.70. The lowest BCUT2D eigenvalue weighted by atomic mass is 10.2. The number of hydrogen-bond donors (Lipinski definition) is 1. The fraction of sp³-hybridized carbons (Fsp3) is 0.385. The van der Waals surface area contributed by atoms with Crippen molar-refractivity contribution in [2.24, 2.45) is 10.1 Å². The van der Waals surface area contributed by atoms with Gasteiger partial charge >= 0.3 is 0 Å². The highest BCUT2D eigenvalue weighted by atomic mass is 35.5. The Morgan fingerprint density at radius 3 is 2.82 bits per heavy atom. The van der Waals surface area contributed by atoms with Crippen molar-refractivity contribution in [2.75, 3.05) is 6.54 Å². The van der Waals surface area contributed by atoms with Crippen molar-refractivity contribution in [1.29, 1.82) is 0 Å². The number of nitrogens with one attached hydrogen (secondary N) is 1. The molecule has 1 heterocycles. The van der Waals surface area contributed by atoms with Crippen LogP contribution in [-0.2, 0) is 0 Å². The van der Waals surface area contributed by atoms with Gasteiger partial charge in [-0.05, 0) is 30.5 Å². The number of hydrogen-bond acceptors (Lipinski definition) is 3. The Bertz CT molecular complexity index is 409. The first kappa shape index (κ1) is 12.1. The molecule has 0 amide bonds. The van der Waals surface area contributed by atoms with Crippen molar-refractivity contribution in [2.45, 2.75) is 25.7 Å². The molecule has 1 aliphatic heterocycles. The fourth-order valence-corrected chi connectivity index (χ4v) is 1.82. The van der Waals surface area contributed by atoms with Gasteiger partial charge < -0.3 is 0 Å². The Labute approximate surface area is 107 Å². The first-order valence-electron chi connectivity index (χ1n) is 5.92. The molecule has 1 aromatic carbocycles. The highest BCUT2D eigenvalue weighted by Crippen LogP contribution is 2.08. The van der Waals surface area contributed by atoms with E-state index >= 15 is 0 Å². The van der Waals surface area contributed by atoms with Crippen LogP contribution in [0.15, 0.2) is 34.4 Å². The summed E-state index contributed by atoms with van der Waals surface area (Å²) in [4.78, 5) is 4.44. The molecule has 17 heavy (non-hydrogen) atoms. The van der Waals surface area contributed by atoms with Crippen LogP contribution in [0.3, 0.4) is 0 Å². The lowest BCUT2D eigenvalue weighted by Gasteiger charge is -2.01. The van der Waals surface area contributed by atoms with Crippen molar-refractivity contribution < 1.29 is 0 Å². The monoisotopic (exact) mass is 249 g/mol. The predicted molar refractivity (Wildman–Crippen MR) is 73.0 cm³/mol. The maximum atomic E-state index is 5.81. The zero-order valence-corrected chi connectivity index (χ0v) is 10.5. The Morgan fingerprint density at radius 1 is 1.18 bits per heavy atom. The third-order valence-corrected chi connectivity index (χ3v) is 2.90. The smallest absolute Gasteiger partial charge is 0.117 e. The third-order valence-electron chi connectivity index (χ3n) is 2.65. The van der Waals surface area contributed by atoms with Gasteiger partial charge in [0, 0.05) is 18.0 Å². The largest absolute Gasteiger partial charge is 0.271 e. The summed E-state index contributed by atoms with van der Waals surface area (Å²) in [5, 5.41) is 4.93. The normalized spacial score (nSPS) is 16.6. The SMILES string of the molecule is Clc1ccc(/C=N/NC2=NCCCCC2)cc1. The number of amidine groups is 1. The highest BCUT2D eigenvalue weighted by molar-refractivity contribution is 6.30. The van der Waals surface area contributed by atoms with E-state index < -0.39 is 0 Å². The molecule has 0 unspecified atom stereocenters. The van der Waals surface area contributed by atoms with Crippen LogP contribution >= 0.6 is 11.6 Å². The maximum absolute atomic E-state index is 5.81. The molecule has 0 spiro atoms.